The molecule has 19 heavy (non-hydrogen) atoms. The van der Waals surface area contributed by atoms with E-state index in [4.69, 9.17) is 10.00 Å². The zero-order valence-corrected chi connectivity index (χ0v) is 11.4. The third-order valence-electron chi connectivity index (χ3n) is 2.98. The fourth-order valence-electron chi connectivity index (χ4n) is 1.92. The molecule has 0 bridgehead atoms. The van der Waals surface area contributed by atoms with Crippen molar-refractivity contribution in [3.63, 3.8) is 0 Å². The fraction of sp³-hybridized carbons (Fsp3) is 0.533. The molecule has 0 spiro atoms. The van der Waals surface area contributed by atoms with Crippen LogP contribution in [-0.2, 0) is 0 Å². The maximum atomic E-state index is 10.1. The summed E-state index contributed by atoms with van der Waals surface area (Å²) in [5.41, 5.74) is 0.807. The molecule has 0 aliphatic rings. The number of methoxy groups -OCH3 is 1. The Morgan fingerprint density at radius 3 is 2.84 bits per heavy atom. The van der Waals surface area contributed by atoms with Crippen LogP contribution in [0.15, 0.2) is 24.3 Å². The third-order valence-corrected chi connectivity index (χ3v) is 2.98. The third kappa shape index (κ3) is 5.73. The Balaban J connectivity index is 2.24. The van der Waals surface area contributed by atoms with Crippen molar-refractivity contribution >= 4 is 0 Å². The first-order valence-corrected chi connectivity index (χ1v) is 6.68. The molecule has 0 fully saturated rings. The molecule has 0 aromatic heterocycles. The zero-order chi connectivity index (χ0) is 13.9. The van der Waals surface area contributed by atoms with Crippen LogP contribution in [0.5, 0.6) is 5.75 Å². The number of nitrogens with zero attached hydrogens (tertiary/aromatic N) is 1. The second-order valence-corrected chi connectivity index (χ2v) is 4.43. The number of nitriles is 1. The van der Waals surface area contributed by atoms with Gasteiger partial charge in [-0.25, -0.2) is 0 Å². The average molecular weight is 262 g/mol. The Morgan fingerprint density at radius 1 is 1.32 bits per heavy atom. The predicted molar refractivity (Wildman–Crippen MR) is 74.9 cm³/mol. The molecule has 0 saturated carbocycles. The topological polar surface area (TPSA) is 65.3 Å². The lowest BCUT2D eigenvalue weighted by atomic mass is 10.1. The average Bonchev–Trinajstić information content (AvgIpc) is 2.46. The Morgan fingerprint density at radius 2 is 2.11 bits per heavy atom. The number of aliphatic hydroxyl groups excluding tert-OH is 1. The molecular formula is C15H22N2O2. The molecule has 0 amide bonds. The molecule has 1 atom stereocenters. The van der Waals surface area contributed by atoms with Gasteiger partial charge in [-0.3, -0.25) is 0 Å². The largest absolute Gasteiger partial charge is 0.496 e. The summed E-state index contributed by atoms with van der Waals surface area (Å²) in [6.07, 6.45) is 3.10. The molecule has 0 radical (unpaired) electrons. The Bertz CT molecular complexity index is 401. The van der Waals surface area contributed by atoms with Gasteiger partial charge in [0.25, 0.3) is 0 Å². The minimum absolute atomic E-state index is 0.513. The number of hydrogen-bond donors (Lipinski definition) is 2. The number of para-hydroxylation sites is 1. The second kappa shape index (κ2) is 9.37. The molecule has 1 aromatic carbocycles. The van der Waals surface area contributed by atoms with Crippen molar-refractivity contribution in [1.82, 2.24) is 5.32 Å². The van der Waals surface area contributed by atoms with E-state index >= 15 is 0 Å². The summed E-state index contributed by atoms with van der Waals surface area (Å²) < 4.78 is 5.22. The van der Waals surface area contributed by atoms with Gasteiger partial charge in [0.15, 0.2) is 0 Å². The first-order chi connectivity index (χ1) is 9.29. The van der Waals surface area contributed by atoms with Gasteiger partial charge in [-0.2, -0.15) is 5.26 Å². The van der Waals surface area contributed by atoms with E-state index in [2.05, 4.69) is 11.4 Å². The lowest BCUT2D eigenvalue weighted by molar-refractivity contribution is 0.170. The van der Waals surface area contributed by atoms with Crippen molar-refractivity contribution < 1.29 is 9.84 Å². The molecule has 4 heteroatoms. The standard InChI is InChI=1S/C15H22N2O2/c1-19-15-9-5-4-8-13(15)14(18)12-17-11-7-3-2-6-10-16/h4-5,8-9,14,17-18H,2-3,6-7,11-12H2,1H3. The van der Waals surface area contributed by atoms with Gasteiger partial charge in [-0.05, 0) is 25.5 Å². The van der Waals surface area contributed by atoms with Gasteiger partial charge in [0, 0.05) is 18.5 Å². The first kappa shape index (κ1) is 15.5. The summed E-state index contributed by atoms with van der Waals surface area (Å²) in [5.74, 6) is 0.714. The highest BCUT2D eigenvalue weighted by Crippen LogP contribution is 2.23. The number of aliphatic hydroxyl groups is 1. The van der Waals surface area contributed by atoms with E-state index < -0.39 is 6.10 Å². The lowest BCUT2D eigenvalue weighted by Gasteiger charge is -2.15. The summed E-state index contributed by atoms with van der Waals surface area (Å²) in [5, 5.41) is 21.7. The Labute approximate surface area is 115 Å². The van der Waals surface area contributed by atoms with Crippen LogP contribution in [0.3, 0.4) is 0 Å². The number of unbranched alkanes of at least 4 members (excludes halogenated alkanes) is 3. The minimum Gasteiger partial charge on any atom is -0.496 e. The predicted octanol–water partition coefficient (Wildman–Crippen LogP) is 2.40. The number of hydrogen-bond acceptors (Lipinski definition) is 4. The van der Waals surface area contributed by atoms with E-state index in [9.17, 15) is 5.11 Å². The monoisotopic (exact) mass is 262 g/mol. The van der Waals surface area contributed by atoms with Crippen molar-refractivity contribution in [2.75, 3.05) is 20.2 Å². The highest BCUT2D eigenvalue weighted by molar-refractivity contribution is 5.35. The van der Waals surface area contributed by atoms with Gasteiger partial charge in [0.1, 0.15) is 5.75 Å². The lowest BCUT2D eigenvalue weighted by Crippen LogP contribution is -2.22. The van der Waals surface area contributed by atoms with E-state index in [0.717, 1.165) is 31.4 Å². The molecule has 0 saturated heterocycles. The van der Waals surface area contributed by atoms with Crippen LogP contribution < -0.4 is 10.1 Å². The molecule has 0 aliphatic carbocycles. The molecule has 2 N–H and O–H groups in total. The van der Waals surface area contributed by atoms with Crippen LogP contribution in [0.25, 0.3) is 0 Å². The zero-order valence-electron chi connectivity index (χ0n) is 11.4. The van der Waals surface area contributed by atoms with Gasteiger partial charge >= 0.3 is 0 Å². The summed E-state index contributed by atoms with van der Waals surface area (Å²) in [6.45, 7) is 1.37. The van der Waals surface area contributed by atoms with Crippen LogP contribution in [0, 0.1) is 11.3 Å². The molecule has 1 unspecified atom stereocenters. The van der Waals surface area contributed by atoms with Gasteiger partial charge in [-0.1, -0.05) is 24.6 Å². The van der Waals surface area contributed by atoms with Crippen molar-refractivity contribution in [1.29, 1.82) is 5.26 Å². The summed E-state index contributed by atoms with van der Waals surface area (Å²) >= 11 is 0. The van der Waals surface area contributed by atoms with Crippen LogP contribution in [0.2, 0.25) is 0 Å². The van der Waals surface area contributed by atoms with Crippen molar-refractivity contribution in [3.05, 3.63) is 29.8 Å². The summed E-state index contributed by atoms with van der Waals surface area (Å²) in [4.78, 5) is 0. The van der Waals surface area contributed by atoms with Crippen molar-refractivity contribution in [2.24, 2.45) is 0 Å². The van der Waals surface area contributed by atoms with E-state index in [0.29, 0.717) is 18.7 Å². The first-order valence-electron chi connectivity index (χ1n) is 6.68. The number of ether oxygens (including phenoxy) is 1. The van der Waals surface area contributed by atoms with E-state index in [-0.39, 0.29) is 0 Å². The molecule has 4 nitrogen and oxygen atoms in total. The smallest absolute Gasteiger partial charge is 0.124 e. The molecular weight excluding hydrogens is 240 g/mol. The highest BCUT2D eigenvalue weighted by Gasteiger charge is 2.11. The van der Waals surface area contributed by atoms with Crippen molar-refractivity contribution in [2.45, 2.75) is 31.8 Å². The normalized spacial score (nSPS) is 11.8. The van der Waals surface area contributed by atoms with Gasteiger partial charge in [0.05, 0.1) is 19.3 Å². The summed E-state index contributed by atoms with van der Waals surface area (Å²) in [7, 11) is 1.61. The molecule has 1 aromatic rings. The fourth-order valence-corrected chi connectivity index (χ4v) is 1.92. The molecule has 0 heterocycles. The van der Waals surface area contributed by atoms with E-state index in [1.165, 1.54) is 0 Å². The van der Waals surface area contributed by atoms with Crippen LogP contribution in [0.4, 0.5) is 0 Å². The summed E-state index contributed by atoms with van der Waals surface area (Å²) in [6, 6.07) is 9.64. The van der Waals surface area contributed by atoms with E-state index in [1.807, 2.05) is 24.3 Å². The van der Waals surface area contributed by atoms with Crippen LogP contribution in [0.1, 0.15) is 37.4 Å². The second-order valence-electron chi connectivity index (χ2n) is 4.43. The molecule has 1 rings (SSSR count). The minimum atomic E-state index is -0.560. The number of nitrogens with one attached hydrogen (secondary N) is 1. The van der Waals surface area contributed by atoms with Crippen LogP contribution >= 0.6 is 0 Å². The highest BCUT2D eigenvalue weighted by atomic mass is 16.5. The molecule has 0 aliphatic heterocycles. The SMILES string of the molecule is COc1ccccc1C(O)CNCCCCCC#N. The number of benzene rings is 1. The maximum absolute atomic E-state index is 10.1. The quantitative estimate of drug-likeness (QED) is 0.671. The Hall–Kier alpha value is -1.57. The maximum Gasteiger partial charge on any atom is 0.124 e. The van der Waals surface area contributed by atoms with Gasteiger partial charge in [-0.15, -0.1) is 0 Å². The van der Waals surface area contributed by atoms with Gasteiger partial charge < -0.3 is 15.2 Å². The Kier molecular flexibility index (Phi) is 7.64. The molecule has 104 valence electrons. The number of rotatable bonds is 9. The van der Waals surface area contributed by atoms with Crippen molar-refractivity contribution in [3.8, 4) is 11.8 Å². The van der Waals surface area contributed by atoms with Gasteiger partial charge in [0.2, 0.25) is 0 Å². The van der Waals surface area contributed by atoms with E-state index in [1.54, 1.807) is 7.11 Å². The van der Waals surface area contributed by atoms with Crippen LogP contribution in [-0.4, -0.2) is 25.3 Å².